The van der Waals surface area contributed by atoms with Gasteiger partial charge in [0.1, 0.15) is 0 Å². The highest BCUT2D eigenvalue weighted by molar-refractivity contribution is 7.68. The molecule has 0 atom stereocenters. The molecule has 9 nitrogen and oxygen atoms in total. The van der Waals surface area contributed by atoms with Gasteiger partial charge in [0.15, 0.2) is 11.5 Å². The molecule has 1 aromatic carbocycles. The lowest BCUT2D eigenvalue weighted by atomic mass is 10.3. The van der Waals surface area contributed by atoms with Gasteiger partial charge in [-0.3, -0.25) is 10.9 Å². The smallest absolute Gasteiger partial charge is 0.433 e. The Morgan fingerprint density at radius 1 is 1.15 bits per heavy atom. The van der Waals surface area contributed by atoms with Gasteiger partial charge < -0.3 is 23.5 Å². The second kappa shape index (κ2) is 9.34. The first kappa shape index (κ1) is 20.7. The van der Waals surface area contributed by atoms with Crippen molar-refractivity contribution in [2.75, 3.05) is 29.3 Å². The van der Waals surface area contributed by atoms with Gasteiger partial charge in [0, 0.05) is 24.9 Å². The van der Waals surface area contributed by atoms with Crippen LogP contribution in [-0.4, -0.2) is 32.8 Å². The third-order valence-electron chi connectivity index (χ3n) is 3.02. The molecule has 27 heavy (non-hydrogen) atoms. The maximum Gasteiger partial charge on any atom is 0.433 e. The molecule has 0 amide bonds. The number of hydrogen-bond donors (Lipinski definition) is 5. The van der Waals surface area contributed by atoms with Crippen LogP contribution in [-0.2, 0) is 21.3 Å². The third kappa shape index (κ3) is 6.88. The molecule has 1 heterocycles. The molecule has 148 valence electrons. The molecule has 13 heteroatoms. The first-order chi connectivity index (χ1) is 12.8. The summed E-state index contributed by atoms with van der Waals surface area (Å²) in [6.45, 7) is 0.0899. The maximum atomic E-state index is 13.0. The van der Waals surface area contributed by atoms with Crippen LogP contribution < -0.4 is 16.2 Å². The van der Waals surface area contributed by atoms with Crippen LogP contribution in [0.25, 0.3) is 0 Å². The standard InChI is InChI=1S/C14H16F3N6O3S/c15-14(16,17)11-8-12(20-13(19-11)18-6-1-7-24)22-21-9-2-4-10(5-3-9)23-27(25)26/h2-5,8,21,24H,1,6-7H2,(H,23,25,26)(H2,18,19,20,22)/q-1. The van der Waals surface area contributed by atoms with E-state index in [-0.39, 0.29) is 30.6 Å². The van der Waals surface area contributed by atoms with Crippen LogP contribution in [0.4, 0.5) is 36.3 Å². The van der Waals surface area contributed by atoms with Crippen molar-refractivity contribution in [2.24, 2.45) is 4.36 Å². The molecular weight excluding hydrogens is 389 g/mol. The minimum atomic E-state index is -4.66. The molecule has 5 N–H and O–H groups in total. The van der Waals surface area contributed by atoms with Gasteiger partial charge in [-0.25, -0.2) is 4.98 Å². The van der Waals surface area contributed by atoms with Gasteiger partial charge in [-0.15, -0.1) is 0 Å². The lowest BCUT2D eigenvalue weighted by molar-refractivity contribution is -0.141. The van der Waals surface area contributed by atoms with Crippen LogP contribution in [0, 0.1) is 0 Å². The summed E-state index contributed by atoms with van der Waals surface area (Å²) in [5.41, 5.74) is 4.78. The van der Waals surface area contributed by atoms with E-state index in [4.69, 9.17) is 9.66 Å². The zero-order valence-electron chi connectivity index (χ0n) is 13.7. The molecule has 0 fully saturated rings. The quantitative estimate of drug-likeness (QED) is 0.196. The van der Waals surface area contributed by atoms with Crippen molar-refractivity contribution in [3.63, 3.8) is 0 Å². The summed E-state index contributed by atoms with van der Waals surface area (Å²) in [6, 6.07) is 6.64. The maximum absolute atomic E-state index is 13.0. The molecule has 1 aromatic heterocycles. The first-order valence-corrected chi connectivity index (χ1v) is 8.60. The number of anilines is 3. The Labute approximate surface area is 154 Å². The van der Waals surface area contributed by atoms with Crippen LogP contribution in [0.3, 0.4) is 0 Å². The summed E-state index contributed by atoms with van der Waals surface area (Å²) in [5.74, 6) is -0.365. The molecule has 0 saturated carbocycles. The summed E-state index contributed by atoms with van der Waals surface area (Å²) in [4.78, 5) is 7.33. The topological polar surface area (TPSA) is 132 Å². The van der Waals surface area contributed by atoms with Gasteiger partial charge in [-0.2, -0.15) is 18.2 Å². The van der Waals surface area contributed by atoms with E-state index in [1.165, 1.54) is 24.3 Å². The monoisotopic (exact) mass is 405 g/mol. The molecule has 0 spiro atoms. The van der Waals surface area contributed by atoms with Crippen LogP contribution in [0.5, 0.6) is 0 Å². The number of rotatable bonds is 8. The van der Waals surface area contributed by atoms with Gasteiger partial charge in [0.25, 0.3) is 0 Å². The predicted molar refractivity (Wildman–Crippen MR) is 93.7 cm³/mol. The molecule has 2 aromatic rings. The minimum absolute atomic E-state index is 0.120. The van der Waals surface area contributed by atoms with Crippen molar-refractivity contribution in [1.29, 1.82) is 0 Å². The number of nitrogens with one attached hydrogen (secondary N) is 3. The summed E-state index contributed by atoms with van der Waals surface area (Å²) >= 11 is 0. The number of aliphatic hydroxyl groups is 1. The van der Waals surface area contributed by atoms with Crippen molar-refractivity contribution in [2.45, 2.75) is 12.6 Å². The zero-order chi connectivity index (χ0) is 19.9. The van der Waals surface area contributed by atoms with E-state index in [9.17, 15) is 17.4 Å². The largest absolute Gasteiger partial charge is 0.454 e. The van der Waals surface area contributed by atoms with Gasteiger partial charge in [-0.1, -0.05) is 10.9 Å². The van der Waals surface area contributed by atoms with E-state index in [2.05, 4.69) is 30.5 Å². The molecule has 0 aliphatic rings. The lowest BCUT2D eigenvalue weighted by Gasteiger charge is -2.14. The Morgan fingerprint density at radius 3 is 2.44 bits per heavy atom. The Hall–Kier alpha value is -2.64. The molecule has 0 saturated heterocycles. The number of aromatic nitrogens is 2. The Bertz CT molecular complexity index is 841. The van der Waals surface area contributed by atoms with Crippen LogP contribution in [0.15, 0.2) is 34.7 Å². The molecular formula is C14H16F3N6O3S-. The summed E-state index contributed by atoms with van der Waals surface area (Å²) in [6.07, 6.45) is -4.33. The average Bonchev–Trinajstić information content (AvgIpc) is 2.60. The summed E-state index contributed by atoms with van der Waals surface area (Å²) < 4.78 is 61.6. The van der Waals surface area contributed by atoms with E-state index in [1.807, 2.05) is 0 Å². The molecule has 0 unspecified atom stereocenters. The normalized spacial score (nSPS) is 12.6. The van der Waals surface area contributed by atoms with Gasteiger partial charge in [0.2, 0.25) is 5.95 Å². The molecule has 0 aliphatic heterocycles. The predicted octanol–water partition coefficient (Wildman–Crippen LogP) is 2.98. The number of aliphatic hydroxyl groups excluding tert-OH is 1. The van der Waals surface area contributed by atoms with Gasteiger partial charge >= 0.3 is 6.18 Å². The number of hydrazine groups is 1. The fourth-order valence-corrected chi connectivity index (χ4v) is 2.15. The van der Waals surface area contributed by atoms with E-state index in [0.717, 1.165) is 6.07 Å². The number of halogens is 3. The average molecular weight is 405 g/mol. The van der Waals surface area contributed by atoms with Crippen LogP contribution in [0.1, 0.15) is 12.1 Å². The lowest BCUT2D eigenvalue weighted by Crippen LogP contribution is -2.17. The van der Waals surface area contributed by atoms with E-state index >= 15 is 0 Å². The van der Waals surface area contributed by atoms with Gasteiger partial charge in [-0.05, 0) is 30.7 Å². The molecule has 0 radical (unpaired) electrons. The van der Waals surface area contributed by atoms with Crippen molar-refractivity contribution in [1.82, 2.24) is 9.97 Å². The van der Waals surface area contributed by atoms with E-state index < -0.39 is 22.7 Å². The Kier molecular flexibility index (Phi) is 7.15. The Balaban J connectivity index is 2.13. The first-order valence-electron chi connectivity index (χ1n) is 7.54. The Morgan fingerprint density at radius 2 is 1.85 bits per heavy atom. The molecule has 2 rings (SSSR count). The zero-order valence-corrected chi connectivity index (χ0v) is 14.5. The second-order valence-electron chi connectivity index (χ2n) is 5.08. The highest BCUT2D eigenvalue weighted by Crippen LogP contribution is 2.29. The number of hydrogen-bond acceptors (Lipinski definition) is 9. The highest BCUT2D eigenvalue weighted by atomic mass is 32.2. The summed E-state index contributed by atoms with van der Waals surface area (Å²) in [7, 11) is -2.33. The van der Waals surface area contributed by atoms with Crippen molar-refractivity contribution in [3.8, 4) is 0 Å². The van der Waals surface area contributed by atoms with Crippen molar-refractivity contribution >= 4 is 34.0 Å². The minimum Gasteiger partial charge on any atom is -0.454 e. The fraction of sp³-hybridized carbons (Fsp3) is 0.286. The van der Waals surface area contributed by atoms with E-state index in [1.54, 1.807) is 0 Å². The highest BCUT2D eigenvalue weighted by Gasteiger charge is 2.33. The molecule has 0 bridgehead atoms. The van der Waals surface area contributed by atoms with Crippen molar-refractivity contribution in [3.05, 3.63) is 36.0 Å². The van der Waals surface area contributed by atoms with Crippen LogP contribution >= 0.6 is 0 Å². The SMILES string of the molecule is O=[S-](O)=Nc1ccc(NNc2cc(C(F)(F)F)nc(NCCCO)n2)cc1. The number of benzene rings is 1. The summed E-state index contributed by atoms with van der Waals surface area (Å²) in [5, 5.41) is 11.3. The van der Waals surface area contributed by atoms with E-state index in [0.29, 0.717) is 12.1 Å². The van der Waals surface area contributed by atoms with Crippen LogP contribution in [0.2, 0.25) is 0 Å². The van der Waals surface area contributed by atoms with Crippen molar-refractivity contribution < 1.29 is 27.0 Å². The number of alkyl halides is 3. The number of nitrogens with zero attached hydrogens (tertiary/aromatic N) is 3. The van der Waals surface area contributed by atoms with Gasteiger partial charge in [0.05, 0.1) is 5.69 Å². The fourth-order valence-electron chi connectivity index (χ4n) is 1.85. The third-order valence-corrected chi connectivity index (χ3v) is 3.39. The molecule has 0 aliphatic carbocycles. The second-order valence-corrected chi connectivity index (χ2v) is 5.73.